The lowest BCUT2D eigenvalue weighted by molar-refractivity contribution is 0.0339. The fourth-order valence-corrected chi connectivity index (χ4v) is 1.99. The summed E-state index contributed by atoms with van der Waals surface area (Å²) in [7, 11) is 0. The van der Waals surface area contributed by atoms with E-state index in [4.69, 9.17) is 4.74 Å². The zero-order chi connectivity index (χ0) is 11.4. The summed E-state index contributed by atoms with van der Waals surface area (Å²) in [6.45, 7) is 6.46. The highest BCUT2D eigenvalue weighted by molar-refractivity contribution is 5.36. The molecule has 0 radical (unpaired) electrons. The van der Waals surface area contributed by atoms with Gasteiger partial charge in [-0.2, -0.15) is 0 Å². The average Bonchev–Trinajstić information content (AvgIpc) is 2.33. The van der Waals surface area contributed by atoms with E-state index >= 15 is 0 Å². The van der Waals surface area contributed by atoms with Crippen molar-refractivity contribution in [1.82, 2.24) is 4.90 Å². The lowest BCUT2D eigenvalue weighted by atomic mass is 10.1. The summed E-state index contributed by atoms with van der Waals surface area (Å²) in [4.78, 5) is 2.32. The molecule has 1 aliphatic heterocycles. The molecule has 0 saturated carbocycles. The largest absolute Gasteiger partial charge is 0.508 e. The molecule has 1 aromatic carbocycles. The normalized spacial score (nSPS) is 17.6. The maximum absolute atomic E-state index is 9.80. The summed E-state index contributed by atoms with van der Waals surface area (Å²) in [5.41, 5.74) is 2.31. The second-order valence-corrected chi connectivity index (χ2v) is 4.21. The van der Waals surface area contributed by atoms with Gasteiger partial charge in [-0.05, 0) is 18.1 Å². The van der Waals surface area contributed by atoms with Gasteiger partial charge in [0.05, 0.1) is 13.2 Å². The van der Waals surface area contributed by atoms with Crippen molar-refractivity contribution in [2.75, 3.05) is 26.3 Å². The lowest BCUT2D eigenvalue weighted by Gasteiger charge is -2.26. The molecule has 1 N–H and O–H groups in total. The number of aryl methyl sites for hydroxylation is 1. The van der Waals surface area contributed by atoms with Gasteiger partial charge in [-0.3, -0.25) is 4.90 Å². The Morgan fingerprint density at radius 3 is 2.75 bits per heavy atom. The Morgan fingerprint density at radius 1 is 1.31 bits per heavy atom. The third-order valence-electron chi connectivity index (χ3n) is 3.05. The first-order chi connectivity index (χ1) is 7.79. The van der Waals surface area contributed by atoms with Gasteiger partial charge in [-0.25, -0.2) is 0 Å². The van der Waals surface area contributed by atoms with E-state index in [-0.39, 0.29) is 0 Å². The van der Waals surface area contributed by atoms with Crippen LogP contribution in [-0.2, 0) is 17.7 Å². The maximum atomic E-state index is 9.80. The van der Waals surface area contributed by atoms with Crippen LogP contribution in [0, 0.1) is 0 Å². The standard InChI is InChI=1S/C13H19NO2/c1-2-11-3-4-13(15)12(9-11)10-14-5-7-16-8-6-14/h3-4,9,15H,2,5-8,10H2,1H3. The quantitative estimate of drug-likeness (QED) is 0.844. The van der Waals surface area contributed by atoms with Crippen LogP contribution in [-0.4, -0.2) is 36.3 Å². The van der Waals surface area contributed by atoms with Gasteiger partial charge in [0, 0.05) is 25.2 Å². The van der Waals surface area contributed by atoms with Crippen LogP contribution >= 0.6 is 0 Å². The van der Waals surface area contributed by atoms with E-state index in [0.29, 0.717) is 5.75 Å². The predicted octanol–water partition coefficient (Wildman–Crippen LogP) is 1.79. The zero-order valence-corrected chi connectivity index (χ0v) is 9.78. The molecule has 0 spiro atoms. The molecule has 1 saturated heterocycles. The summed E-state index contributed by atoms with van der Waals surface area (Å²) in [5.74, 6) is 0.406. The van der Waals surface area contributed by atoms with E-state index in [1.807, 2.05) is 6.07 Å². The highest BCUT2D eigenvalue weighted by atomic mass is 16.5. The van der Waals surface area contributed by atoms with Gasteiger partial charge >= 0.3 is 0 Å². The Hall–Kier alpha value is -1.06. The van der Waals surface area contributed by atoms with Crippen LogP contribution < -0.4 is 0 Å². The molecule has 1 heterocycles. The molecule has 16 heavy (non-hydrogen) atoms. The van der Waals surface area contributed by atoms with Crippen molar-refractivity contribution in [3.05, 3.63) is 29.3 Å². The predicted molar refractivity (Wildman–Crippen MR) is 63.6 cm³/mol. The van der Waals surface area contributed by atoms with Crippen molar-refractivity contribution in [3.63, 3.8) is 0 Å². The van der Waals surface area contributed by atoms with E-state index in [9.17, 15) is 5.11 Å². The molecule has 0 amide bonds. The third-order valence-corrected chi connectivity index (χ3v) is 3.05. The van der Waals surface area contributed by atoms with Crippen LogP contribution in [0.5, 0.6) is 5.75 Å². The van der Waals surface area contributed by atoms with Crippen LogP contribution in [0.2, 0.25) is 0 Å². The fraction of sp³-hybridized carbons (Fsp3) is 0.538. The first kappa shape index (κ1) is 11.4. The number of hydrogen-bond acceptors (Lipinski definition) is 3. The third kappa shape index (κ3) is 2.74. The average molecular weight is 221 g/mol. The molecule has 0 aromatic heterocycles. The molecule has 0 bridgehead atoms. The van der Waals surface area contributed by atoms with E-state index in [1.54, 1.807) is 6.07 Å². The van der Waals surface area contributed by atoms with Crippen molar-refractivity contribution >= 4 is 0 Å². The van der Waals surface area contributed by atoms with Crippen LogP contribution in [0.4, 0.5) is 0 Å². The summed E-state index contributed by atoms with van der Waals surface area (Å²) in [5, 5.41) is 9.80. The minimum absolute atomic E-state index is 0.406. The van der Waals surface area contributed by atoms with E-state index < -0.39 is 0 Å². The number of aromatic hydroxyl groups is 1. The van der Waals surface area contributed by atoms with Crippen molar-refractivity contribution in [2.45, 2.75) is 19.9 Å². The van der Waals surface area contributed by atoms with Gasteiger partial charge < -0.3 is 9.84 Å². The van der Waals surface area contributed by atoms with Gasteiger partial charge in [0.25, 0.3) is 0 Å². The van der Waals surface area contributed by atoms with Gasteiger partial charge in [-0.15, -0.1) is 0 Å². The molecule has 2 rings (SSSR count). The van der Waals surface area contributed by atoms with E-state index in [2.05, 4.69) is 17.9 Å². The molecule has 3 heteroatoms. The summed E-state index contributed by atoms with van der Waals surface area (Å²) in [6.07, 6.45) is 1.01. The molecule has 0 unspecified atom stereocenters. The number of benzene rings is 1. The number of ether oxygens (including phenoxy) is 1. The number of nitrogens with zero attached hydrogens (tertiary/aromatic N) is 1. The highest BCUT2D eigenvalue weighted by Gasteiger charge is 2.12. The molecule has 1 fully saturated rings. The number of phenolic OH excluding ortho intramolecular Hbond substituents is 1. The number of hydrogen-bond donors (Lipinski definition) is 1. The van der Waals surface area contributed by atoms with E-state index in [1.165, 1.54) is 5.56 Å². The molecule has 1 aliphatic rings. The van der Waals surface area contributed by atoms with Crippen molar-refractivity contribution in [1.29, 1.82) is 0 Å². The Bertz CT molecular complexity index is 346. The summed E-state index contributed by atoms with van der Waals surface area (Å²) < 4.78 is 5.31. The van der Waals surface area contributed by atoms with Gasteiger partial charge in [0.1, 0.15) is 5.75 Å². The molecule has 0 aliphatic carbocycles. The second-order valence-electron chi connectivity index (χ2n) is 4.21. The minimum Gasteiger partial charge on any atom is -0.508 e. The Kier molecular flexibility index (Phi) is 3.80. The topological polar surface area (TPSA) is 32.7 Å². The molecular weight excluding hydrogens is 202 g/mol. The summed E-state index contributed by atoms with van der Waals surface area (Å²) >= 11 is 0. The van der Waals surface area contributed by atoms with E-state index in [0.717, 1.165) is 44.8 Å². The number of rotatable bonds is 3. The molecule has 3 nitrogen and oxygen atoms in total. The van der Waals surface area contributed by atoms with Crippen LogP contribution in [0.25, 0.3) is 0 Å². The maximum Gasteiger partial charge on any atom is 0.120 e. The molecular formula is C13H19NO2. The fourth-order valence-electron chi connectivity index (χ4n) is 1.99. The lowest BCUT2D eigenvalue weighted by Crippen LogP contribution is -2.35. The van der Waals surface area contributed by atoms with Gasteiger partial charge in [0.15, 0.2) is 0 Å². The second kappa shape index (κ2) is 5.32. The highest BCUT2D eigenvalue weighted by Crippen LogP contribution is 2.21. The van der Waals surface area contributed by atoms with Crippen molar-refractivity contribution < 1.29 is 9.84 Å². The zero-order valence-electron chi connectivity index (χ0n) is 9.78. The number of morpholine rings is 1. The minimum atomic E-state index is 0.406. The molecule has 1 aromatic rings. The Balaban J connectivity index is 2.06. The van der Waals surface area contributed by atoms with Crippen molar-refractivity contribution in [2.24, 2.45) is 0 Å². The van der Waals surface area contributed by atoms with Crippen LogP contribution in [0.15, 0.2) is 18.2 Å². The smallest absolute Gasteiger partial charge is 0.120 e. The van der Waals surface area contributed by atoms with Crippen LogP contribution in [0.3, 0.4) is 0 Å². The first-order valence-corrected chi connectivity index (χ1v) is 5.90. The first-order valence-electron chi connectivity index (χ1n) is 5.90. The van der Waals surface area contributed by atoms with Gasteiger partial charge in [-0.1, -0.05) is 19.1 Å². The number of phenols is 1. The molecule has 0 atom stereocenters. The SMILES string of the molecule is CCc1ccc(O)c(CN2CCOCC2)c1. The molecule has 88 valence electrons. The monoisotopic (exact) mass is 221 g/mol. The Morgan fingerprint density at radius 2 is 2.06 bits per heavy atom. The van der Waals surface area contributed by atoms with Crippen molar-refractivity contribution in [3.8, 4) is 5.75 Å². The Labute approximate surface area is 96.6 Å². The van der Waals surface area contributed by atoms with Gasteiger partial charge in [0.2, 0.25) is 0 Å². The summed E-state index contributed by atoms with van der Waals surface area (Å²) in [6, 6.07) is 5.89. The van der Waals surface area contributed by atoms with Crippen LogP contribution in [0.1, 0.15) is 18.1 Å².